The van der Waals surface area contributed by atoms with E-state index in [1.54, 1.807) is 11.3 Å². The van der Waals surface area contributed by atoms with Gasteiger partial charge in [0.05, 0.1) is 12.2 Å². The van der Waals surface area contributed by atoms with Crippen LogP contribution in [0.4, 0.5) is 0 Å². The Morgan fingerprint density at radius 2 is 2.42 bits per heavy atom. The Balaban J connectivity index is 1.70. The topological polar surface area (TPSA) is 38.2 Å². The predicted molar refractivity (Wildman–Crippen MR) is 77.8 cm³/mol. The minimum Gasteiger partial charge on any atom is -0.368 e. The molecule has 1 aliphatic rings. The molecule has 102 valence electrons. The Hall–Kier alpha value is -0.530. The second kappa shape index (κ2) is 5.85. The second-order valence-corrected chi connectivity index (χ2v) is 6.82. The van der Waals surface area contributed by atoms with E-state index in [1.807, 2.05) is 0 Å². The molecule has 1 saturated heterocycles. The number of nitrogens with zero attached hydrogens (tertiary/aromatic N) is 3. The van der Waals surface area contributed by atoms with E-state index < -0.39 is 0 Å². The van der Waals surface area contributed by atoms with Crippen LogP contribution in [0.5, 0.6) is 0 Å². The molecule has 0 spiro atoms. The average molecular weight is 316 g/mol. The summed E-state index contributed by atoms with van der Waals surface area (Å²) in [6, 6.07) is 2.13. The molecule has 3 heterocycles. The summed E-state index contributed by atoms with van der Waals surface area (Å²) in [6.45, 7) is 4.61. The van der Waals surface area contributed by atoms with Crippen LogP contribution in [0.3, 0.4) is 0 Å². The van der Waals surface area contributed by atoms with Crippen LogP contribution in [-0.4, -0.2) is 33.7 Å². The van der Waals surface area contributed by atoms with Gasteiger partial charge in [-0.2, -0.15) is 11.3 Å². The van der Waals surface area contributed by atoms with Gasteiger partial charge in [-0.05, 0) is 29.3 Å². The summed E-state index contributed by atoms with van der Waals surface area (Å²) in [7, 11) is 0. The largest absolute Gasteiger partial charge is 0.368 e. The molecule has 0 bridgehead atoms. The lowest BCUT2D eigenvalue weighted by atomic mass is 10.1. The van der Waals surface area contributed by atoms with Crippen molar-refractivity contribution in [1.29, 1.82) is 0 Å². The molecule has 0 amide bonds. The fraction of sp³-hybridized carbons (Fsp3) is 0.500. The summed E-state index contributed by atoms with van der Waals surface area (Å²) in [4.78, 5) is 2.33. The van der Waals surface area contributed by atoms with Crippen molar-refractivity contribution in [2.45, 2.75) is 25.7 Å². The second-order valence-electron chi connectivity index (χ2n) is 4.68. The molecule has 7 heteroatoms. The third-order valence-electron chi connectivity index (χ3n) is 3.13. The number of rotatable bonds is 3. The minimum absolute atomic E-state index is 0.139. The van der Waals surface area contributed by atoms with Gasteiger partial charge in [-0.15, -0.1) is 5.10 Å². The molecule has 19 heavy (non-hydrogen) atoms. The fourth-order valence-electron chi connectivity index (χ4n) is 2.31. The first kappa shape index (κ1) is 13.5. The summed E-state index contributed by atoms with van der Waals surface area (Å²) < 4.78 is 10.6. The lowest BCUT2D eigenvalue weighted by molar-refractivity contribution is -0.0815. The van der Waals surface area contributed by atoms with E-state index in [1.165, 1.54) is 17.1 Å². The summed E-state index contributed by atoms with van der Waals surface area (Å²) >= 11 is 9.01. The van der Waals surface area contributed by atoms with Crippen molar-refractivity contribution in [3.05, 3.63) is 32.4 Å². The number of aromatic nitrogens is 2. The van der Waals surface area contributed by atoms with Gasteiger partial charge < -0.3 is 4.74 Å². The van der Waals surface area contributed by atoms with Gasteiger partial charge in [0.1, 0.15) is 10.0 Å². The van der Waals surface area contributed by atoms with Gasteiger partial charge in [0.25, 0.3) is 0 Å². The smallest absolute Gasteiger partial charge is 0.138 e. The normalized spacial score (nSPS) is 24.7. The average Bonchev–Trinajstić information content (AvgIpc) is 3.01. The van der Waals surface area contributed by atoms with Crippen molar-refractivity contribution in [2.75, 3.05) is 13.1 Å². The van der Waals surface area contributed by atoms with Crippen molar-refractivity contribution >= 4 is 34.5 Å². The third kappa shape index (κ3) is 3.14. The number of ether oxygens (including phenoxy) is 1. The van der Waals surface area contributed by atoms with Crippen LogP contribution in [-0.2, 0) is 11.3 Å². The Morgan fingerprint density at radius 3 is 3.11 bits per heavy atom. The van der Waals surface area contributed by atoms with Gasteiger partial charge in [0, 0.05) is 31.2 Å². The molecule has 2 aromatic heterocycles. The zero-order chi connectivity index (χ0) is 13.2. The van der Waals surface area contributed by atoms with Crippen molar-refractivity contribution < 1.29 is 4.74 Å². The van der Waals surface area contributed by atoms with Crippen molar-refractivity contribution in [2.24, 2.45) is 0 Å². The first-order valence-electron chi connectivity index (χ1n) is 6.09. The lowest BCUT2D eigenvalue weighted by Crippen LogP contribution is -2.42. The van der Waals surface area contributed by atoms with Gasteiger partial charge >= 0.3 is 0 Å². The summed E-state index contributed by atoms with van der Waals surface area (Å²) in [5, 5.41) is 8.32. The SMILES string of the molecule is C[C@H]1CN(Cc2nnsc2Cl)C[C@@H](c2ccsc2)O1. The van der Waals surface area contributed by atoms with Gasteiger partial charge in [-0.25, -0.2) is 0 Å². The Bertz CT molecular complexity index is 531. The highest BCUT2D eigenvalue weighted by atomic mass is 35.5. The van der Waals surface area contributed by atoms with Gasteiger partial charge in [0.15, 0.2) is 0 Å². The number of morpholine rings is 1. The van der Waals surface area contributed by atoms with Gasteiger partial charge in [0.2, 0.25) is 0 Å². The van der Waals surface area contributed by atoms with Crippen LogP contribution in [0.1, 0.15) is 24.3 Å². The summed E-state index contributed by atoms with van der Waals surface area (Å²) in [5.74, 6) is 0. The monoisotopic (exact) mass is 315 g/mol. The third-order valence-corrected chi connectivity index (χ3v) is 4.82. The molecule has 0 saturated carbocycles. The molecule has 0 N–H and O–H groups in total. The fourth-order valence-corrected chi connectivity index (χ4v) is 3.63. The number of hydrogen-bond acceptors (Lipinski definition) is 6. The van der Waals surface area contributed by atoms with Gasteiger partial charge in [-0.1, -0.05) is 16.1 Å². The van der Waals surface area contributed by atoms with Crippen LogP contribution in [0.15, 0.2) is 16.8 Å². The van der Waals surface area contributed by atoms with Crippen molar-refractivity contribution in [3.8, 4) is 0 Å². The predicted octanol–water partition coefficient (Wildman–Crippen LogP) is 3.22. The highest BCUT2D eigenvalue weighted by Crippen LogP contribution is 2.28. The van der Waals surface area contributed by atoms with Gasteiger partial charge in [-0.3, -0.25) is 4.90 Å². The quantitative estimate of drug-likeness (QED) is 0.871. The molecule has 1 fully saturated rings. The van der Waals surface area contributed by atoms with E-state index in [0.29, 0.717) is 4.34 Å². The zero-order valence-electron chi connectivity index (χ0n) is 10.5. The molecule has 0 unspecified atom stereocenters. The standard InChI is InChI=1S/C12H14ClN3OS2/c1-8-4-16(5-10-12(13)19-15-14-10)6-11(17-8)9-2-3-18-7-9/h2-3,7-8,11H,4-6H2,1H3/t8-,11-/m0/s1. The molecule has 0 aliphatic carbocycles. The minimum atomic E-state index is 0.139. The van der Waals surface area contributed by atoms with Crippen LogP contribution < -0.4 is 0 Å². The molecule has 1 aliphatic heterocycles. The van der Waals surface area contributed by atoms with Crippen LogP contribution in [0.2, 0.25) is 4.34 Å². The molecular formula is C12H14ClN3OS2. The maximum atomic E-state index is 6.07. The zero-order valence-corrected chi connectivity index (χ0v) is 12.8. The van der Waals surface area contributed by atoms with E-state index in [4.69, 9.17) is 16.3 Å². The first-order valence-corrected chi connectivity index (χ1v) is 8.18. The lowest BCUT2D eigenvalue weighted by Gasteiger charge is -2.36. The van der Waals surface area contributed by atoms with E-state index in [0.717, 1.165) is 25.3 Å². The number of halogens is 1. The molecule has 2 atom stereocenters. The van der Waals surface area contributed by atoms with Crippen LogP contribution in [0, 0.1) is 0 Å². The number of thiophene rings is 1. The van der Waals surface area contributed by atoms with Crippen molar-refractivity contribution in [1.82, 2.24) is 14.5 Å². The van der Waals surface area contributed by atoms with E-state index in [-0.39, 0.29) is 12.2 Å². The Kier molecular flexibility index (Phi) is 4.14. The van der Waals surface area contributed by atoms with E-state index in [2.05, 4.69) is 38.2 Å². The molecule has 4 nitrogen and oxygen atoms in total. The molecule has 0 aromatic carbocycles. The van der Waals surface area contributed by atoms with Crippen LogP contribution >= 0.6 is 34.5 Å². The maximum Gasteiger partial charge on any atom is 0.138 e. The highest BCUT2D eigenvalue weighted by molar-refractivity contribution is 7.10. The molecular weight excluding hydrogens is 302 g/mol. The first-order chi connectivity index (χ1) is 9.22. The molecule has 2 aromatic rings. The molecule has 3 rings (SSSR count). The van der Waals surface area contributed by atoms with E-state index in [9.17, 15) is 0 Å². The Labute approximate surface area is 125 Å². The maximum absolute atomic E-state index is 6.07. The Morgan fingerprint density at radius 1 is 1.53 bits per heavy atom. The highest BCUT2D eigenvalue weighted by Gasteiger charge is 2.27. The number of hydrogen-bond donors (Lipinski definition) is 0. The van der Waals surface area contributed by atoms with Crippen LogP contribution in [0.25, 0.3) is 0 Å². The summed E-state index contributed by atoms with van der Waals surface area (Å²) in [6.07, 6.45) is 0.351. The molecule has 0 radical (unpaired) electrons. The van der Waals surface area contributed by atoms with E-state index >= 15 is 0 Å². The van der Waals surface area contributed by atoms with Crippen molar-refractivity contribution in [3.63, 3.8) is 0 Å². The summed E-state index contributed by atoms with van der Waals surface area (Å²) in [5.41, 5.74) is 2.12.